The molecule has 2 rings (SSSR count). The molecule has 10 heteroatoms. The summed E-state index contributed by atoms with van der Waals surface area (Å²) in [5, 5.41) is 7.17. The second-order valence-electron chi connectivity index (χ2n) is 6.38. The lowest BCUT2D eigenvalue weighted by molar-refractivity contribution is -0.116. The van der Waals surface area contributed by atoms with Crippen LogP contribution < -0.4 is 5.32 Å². The number of nitrogens with one attached hydrogen (secondary N) is 1. The van der Waals surface area contributed by atoms with Gasteiger partial charge in [-0.05, 0) is 41.8 Å². The summed E-state index contributed by atoms with van der Waals surface area (Å²) < 4.78 is 7.59. The van der Waals surface area contributed by atoms with Crippen LogP contribution in [0, 0.1) is 13.8 Å². The highest BCUT2D eigenvalue weighted by Crippen LogP contribution is 2.34. The molecule has 2 amide bonds. The highest BCUT2D eigenvalue weighted by molar-refractivity contribution is 9.10. The van der Waals surface area contributed by atoms with Crippen LogP contribution >= 0.6 is 27.3 Å². The molecule has 0 aromatic carbocycles. The Morgan fingerprint density at radius 3 is 2.54 bits per heavy atom. The first kappa shape index (κ1) is 22.1. The molecule has 1 N–H and O–H groups in total. The topological polar surface area (TPSA) is 93.5 Å². The summed E-state index contributed by atoms with van der Waals surface area (Å²) in [6.45, 7) is 5.65. The molecule has 0 bridgehead atoms. The molecule has 8 nitrogen and oxygen atoms in total. The van der Waals surface area contributed by atoms with Crippen LogP contribution in [-0.4, -0.2) is 53.2 Å². The maximum absolute atomic E-state index is 12.5. The van der Waals surface area contributed by atoms with E-state index in [-0.39, 0.29) is 30.5 Å². The number of ether oxygens (including phenoxy) is 1. The lowest BCUT2D eigenvalue weighted by Gasteiger charge is -2.09. The first-order valence-electron chi connectivity index (χ1n) is 8.67. The Bertz CT molecular complexity index is 904. The number of carbonyl (C=O) groups is 3. The van der Waals surface area contributed by atoms with Gasteiger partial charge in [0.25, 0.3) is 5.91 Å². The van der Waals surface area contributed by atoms with Gasteiger partial charge in [-0.2, -0.15) is 5.10 Å². The Morgan fingerprint density at radius 1 is 1.32 bits per heavy atom. The fraction of sp³-hybridized carbons (Fsp3) is 0.444. The number of thiophene rings is 1. The van der Waals surface area contributed by atoms with Gasteiger partial charge < -0.3 is 15.0 Å². The number of esters is 1. The number of anilines is 1. The van der Waals surface area contributed by atoms with Gasteiger partial charge in [0.05, 0.1) is 33.4 Å². The van der Waals surface area contributed by atoms with Crippen LogP contribution in [0.2, 0.25) is 0 Å². The van der Waals surface area contributed by atoms with Crippen LogP contribution in [0.3, 0.4) is 0 Å². The predicted molar refractivity (Wildman–Crippen MR) is 111 cm³/mol. The second-order valence-corrected chi connectivity index (χ2v) is 8.25. The summed E-state index contributed by atoms with van der Waals surface area (Å²) in [4.78, 5) is 39.3. The number of amides is 2. The maximum atomic E-state index is 12.5. The third kappa shape index (κ3) is 4.79. The number of hydrogen-bond acceptors (Lipinski definition) is 6. The van der Waals surface area contributed by atoms with E-state index in [0.29, 0.717) is 21.9 Å². The van der Waals surface area contributed by atoms with Gasteiger partial charge in [-0.25, -0.2) is 4.79 Å². The van der Waals surface area contributed by atoms with E-state index in [9.17, 15) is 14.4 Å². The number of nitrogens with zero attached hydrogens (tertiary/aromatic N) is 3. The Kier molecular flexibility index (Phi) is 7.36. The van der Waals surface area contributed by atoms with Crippen molar-refractivity contribution in [1.82, 2.24) is 14.7 Å². The summed E-state index contributed by atoms with van der Waals surface area (Å²) >= 11 is 4.42. The van der Waals surface area contributed by atoms with E-state index in [1.807, 2.05) is 13.8 Å². The van der Waals surface area contributed by atoms with Gasteiger partial charge in [-0.15, -0.1) is 11.3 Å². The van der Waals surface area contributed by atoms with Gasteiger partial charge in [-0.3, -0.25) is 14.3 Å². The quantitative estimate of drug-likeness (QED) is 0.626. The van der Waals surface area contributed by atoms with E-state index in [4.69, 9.17) is 4.74 Å². The smallest absolute Gasteiger partial charge is 0.341 e. The monoisotopic (exact) mass is 470 g/mol. The molecule has 0 saturated carbocycles. The zero-order chi connectivity index (χ0) is 21.0. The lowest BCUT2D eigenvalue weighted by Crippen LogP contribution is -2.21. The lowest BCUT2D eigenvalue weighted by atomic mass is 10.1. The predicted octanol–water partition coefficient (Wildman–Crippen LogP) is 3.23. The minimum absolute atomic E-state index is 0.0191. The largest absolute Gasteiger partial charge is 0.462 e. The van der Waals surface area contributed by atoms with E-state index >= 15 is 0 Å². The summed E-state index contributed by atoms with van der Waals surface area (Å²) in [5.41, 5.74) is 1.53. The van der Waals surface area contributed by atoms with Crippen LogP contribution in [0.25, 0.3) is 0 Å². The molecule has 0 aliphatic carbocycles. The molecular formula is C18H23BrN4O4S. The number of aromatic nitrogens is 2. The molecule has 152 valence electrons. The molecule has 2 aromatic heterocycles. The Hall–Kier alpha value is -2.20. The highest BCUT2D eigenvalue weighted by Gasteiger charge is 2.27. The van der Waals surface area contributed by atoms with Crippen molar-refractivity contribution in [2.75, 3.05) is 26.0 Å². The van der Waals surface area contributed by atoms with Gasteiger partial charge >= 0.3 is 5.97 Å². The molecule has 2 aromatic rings. The van der Waals surface area contributed by atoms with Crippen molar-refractivity contribution in [2.24, 2.45) is 0 Å². The number of carbonyl (C=O) groups excluding carboxylic acids is 3. The first-order chi connectivity index (χ1) is 13.2. The van der Waals surface area contributed by atoms with Crippen molar-refractivity contribution in [1.29, 1.82) is 0 Å². The van der Waals surface area contributed by atoms with E-state index in [1.165, 1.54) is 4.90 Å². The van der Waals surface area contributed by atoms with Gasteiger partial charge in [0, 0.05) is 14.1 Å². The maximum Gasteiger partial charge on any atom is 0.341 e. The van der Waals surface area contributed by atoms with Gasteiger partial charge in [0.1, 0.15) is 11.5 Å². The summed E-state index contributed by atoms with van der Waals surface area (Å²) in [5.74, 6) is -1.14. The van der Waals surface area contributed by atoms with Gasteiger partial charge in [0.15, 0.2) is 0 Å². The second kappa shape index (κ2) is 9.33. The molecule has 0 aliphatic heterocycles. The molecule has 0 radical (unpaired) electrons. The molecule has 2 heterocycles. The van der Waals surface area contributed by atoms with Crippen LogP contribution in [-0.2, 0) is 16.1 Å². The summed E-state index contributed by atoms with van der Waals surface area (Å²) in [7, 11) is 3.26. The number of rotatable bonds is 7. The molecule has 0 aliphatic rings. The molecule has 0 fully saturated rings. The average molecular weight is 471 g/mol. The number of hydrogen-bond donors (Lipinski definition) is 1. The van der Waals surface area contributed by atoms with Crippen molar-refractivity contribution < 1.29 is 19.1 Å². The standard InChI is InChI=1S/C18H23BrN4O4S/c1-6-7-27-18(26)14-10(2)15(17(25)22(4)5)28-16(14)21-13(24)9-23-11(3)12(19)8-20-23/h8H,6-7,9H2,1-5H3,(H,21,24). The summed E-state index contributed by atoms with van der Waals surface area (Å²) in [6.07, 6.45) is 2.28. The Morgan fingerprint density at radius 2 is 2.00 bits per heavy atom. The first-order valence-corrected chi connectivity index (χ1v) is 10.3. The van der Waals surface area contributed by atoms with E-state index < -0.39 is 5.97 Å². The minimum atomic E-state index is -0.554. The molecule has 0 unspecified atom stereocenters. The third-order valence-corrected chi connectivity index (χ3v) is 5.95. The van der Waals surface area contributed by atoms with Crippen molar-refractivity contribution in [3.05, 3.63) is 32.4 Å². The minimum Gasteiger partial charge on any atom is -0.462 e. The Labute approximate surface area is 176 Å². The molecular weight excluding hydrogens is 448 g/mol. The van der Waals surface area contributed by atoms with Crippen LogP contribution in [0.15, 0.2) is 10.7 Å². The van der Waals surface area contributed by atoms with E-state index in [2.05, 4.69) is 26.3 Å². The zero-order valence-electron chi connectivity index (χ0n) is 16.5. The van der Waals surface area contributed by atoms with Gasteiger partial charge in [0.2, 0.25) is 5.91 Å². The van der Waals surface area contributed by atoms with E-state index in [0.717, 1.165) is 21.5 Å². The number of halogens is 1. The molecule has 0 spiro atoms. The molecule has 0 saturated heterocycles. The van der Waals surface area contributed by atoms with Crippen molar-refractivity contribution >= 4 is 50.1 Å². The van der Waals surface area contributed by atoms with Crippen molar-refractivity contribution in [2.45, 2.75) is 33.7 Å². The van der Waals surface area contributed by atoms with Crippen molar-refractivity contribution in [3.8, 4) is 0 Å². The average Bonchev–Trinajstić information content (AvgIpc) is 3.12. The fourth-order valence-corrected chi connectivity index (χ4v) is 3.94. The van der Waals surface area contributed by atoms with Crippen LogP contribution in [0.4, 0.5) is 5.00 Å². The Balaban J connectivity index is 2.33. The third-order valence-electron chi connectivity index (χ3n) is 3.98. The fourth-order valence-electron chi connectivity index (χ4n) is 2.41. The SMILES string of the molecule is CCCOC(=O)c1c(NC(=O)Cn2ncc(Br)c2C)sc(C(=O)N(C)C)c1C. The van der Waals surface area contributed by atoms with Gasteiger partial charge in [-0.1, -0.05) is 6.92 Å². The van der Waals surface area contributed by atoms with Crippen LogP contribution in [0.5, 0.6) is 0 Å². The summed E-state index contributed by atoms with van der Waals surface area (Å²) in [6, 6.07) is 0. The highest BCUT2D eigenvalue weighted by atomic mass is 79.9. The normalized spacial score (nSPS) is 10.6. The zero-order valence-corrected chi connectivity index (χ0v) is 18.9. The van der Waals surface area contributed by atoms with Crippen LogP contribution in [0.1, 0.15) is 44.6 Å². The molecule has 0 atom stereocenters. The van der Waals surface area contributed by atoms with E-state index in [1.54, 1.807) is 31.9 Å². The van der Waals surface area contributed by atoms with Crippen molar-refractivity contribution in [3.63, 3.8) is 0 Å². The molecule has 28 heavy (non-hydrogen) atoms.